The molecule has 0 aliphatic rings. The normalized spacial score (nSPS) is 11.9. The van der Waals surface area contributed by atoms with E-state index in [-0.39, 0.29) is 0 Å². The summed E-state index contributed by atoms with van der Waals surface area (Å²) in [6.07, 6.45) is 5.03. The van der Waals surface area contributed by atoms with Crippen LogP contribution < -0.4 is 10.6 Å². The molecule has 2 aromatic heterocycles. The summed E-state index contributed by atoms with van der Waals surface area (Å²) < 4.78 is 0. The first-order chi connectivity index (χ1) is 13.2. The van der Waals surface area contributed by atoms with E-state index in [1.54, 1.807) is 11.3 Å². The highest BCUT2D eigenvalue weighted by atomic mass is 32.1. The SMILES string of the molecule is CCNC(=NCCc1csc(C)n1)NCCc1c[nH]c2c(CC)cccc12. The first-order valence-corrected chi connectivity index (χ1v) is 10.6. The zero-order valence-corrected chi connectivity index (χ0v) is 17.2. The maximum atomic E-state index is 4.68. The molecule has 144 valence electrons. The van der Waals surface area contributed by atoms with Crippen LogP contribution in [0.1, 0.15) is 35.7 Å². The number of benzene rings is 1. The Balaban J connectivity index is 1.55. The van der Waals surface area contributed by atoms with Gasteiger partial charge in [0.15, 0.2) is 5.96 Å². The molecule has 3 aromatic rings. The Morgan fingerprint density at radius 2 is 2.07 bits per heavy atom. The number of H-pyrrole nitrogens is 1. The van der Waals surface area contributed by atoms with Gasteiger partial charge in [0, 0.05) is 48.5 Å². The van der Waals surface area contributed by atoms with Gasteiger partial charge in [0.25, 0.3) is 0 Å². The van der Waals surface area contributed by atoms with Gasteiger partial charge in [0.1, 0.15) is 0 Å². The predicted molar refractivity (Wildman–Crippen MR) is 116 cm³/mol. The van der Waals surface area contributed by atoms with Crippen LogP contribution in [-0.4, -0.2) is 35.6 Å². The van der Waals surface area contributed by atoms with Crippen molar-refractivity contribution in [3.8, 4) is 0 Å². The summed E-state index contributed by atoms with van der Waals surface area (Å²) in [6.45, 7) is 8.78. The fourth-order valence-electron chi connectivity index (χ4n) is 3.24. The third kappa shape index (κ3) is 5.10. The number of hydrogen-bond donors (Lipinski definition) is 3. The molecular weight excluding hydrogens is 354 g/mol. The van der Waals surface area contributed by atoms with Crippen LogP contribution >= 0.6 is 11.3 Å². The van der Waals surface area contributed by atoms with E-state index >= 15 is 0 Å². The second-order valence-corrected chi connectivity index (χ2v) is 7.61. The van der Waals surface area contributed by atoms with Crippen molar-refractivity contribution in [2.24, 2.45) is 4.99 Å². The number of thiazole rings is 1. The van der Waals surface area contributed by atoms with E-state index in [4.69, 9.17) is 0 Å². The van der Waals surface area contributed by atoms with Crippen LogP contribution in [0.3, 0.4) is 0 Å². The number of fused-ring (bicyclic) bond motifs is 1. The Bertz CT molecular complexity index is 893. The standard InChI is InChI=1S/C21H29N5S/c1-4-16-7-6-8-19-17(13-25-20(16)19)9-11-23-21(22-5-2)24-12-10-18-14-27-15(3)26-18/h6-8,13-14,25H,4-5,9-12H2,1-3H3,(H2,22,23,24). The van der Waals surface area contributed by atoms with Crippen molar-refractivity contribution in [2.75, 3.05) is 19.6 Å². The topological polar surface area (TPSA) is 65.1 Å². The second kappa shape index (κ2) is 9.55. The Labute approximate surface area is 165 Å². The number of aryl methyl sites for hydroxylation is 2. The minimum Gasteiger partial charge on any atom is -0.361 e. The predicted octanol–water partition coefficient (Wildman–Crippen LogP) is 3.84. The van der Waals surface area contributed by atoms with Crippen LogP contribution in [0.2, 0.25) is 0 Å². The van der Waals surface area contributed by atoms with Crippen molar-refractivity contribution in [1.29, 1.82) is 0 Å². The van der Waals surface area contributed by atoms with Gasteiger partial charge in [-0.2, -0.15) is 0 Å². The zero-order chi connectivity index (χ0) is 19.1. The number of nitrogens with zero attached hydrogens (tertiary/aromatic N) is 2. The van der Waals surface area contributed by atoms with Gasteiger partial charge in [-0.1, -0.05) is 25.1 Å². The van der Waals surface area contributed by atoms with E-state index in [1.807, 2.05) is 6.92 Å². The molecule has 3 rings (SSSR count). The summed E-state index contributed by atoms with van der Waals surface area (Å²) in [5.74, 6) is 0.874. The van der Waals surface area contributed by atoms with Gasteiger partial charge in [0.2, 0.25) is 0 Å². The lowest BCUT2D eigenvalue weighted by Gasteiger charge is -2.11. The number of aliphatic imine (C=N–C) groups is 1. The average molecular weight is 384 g/mol. The lowest BCUT2D eigenvalue weighted by Crippen LogP contribution is -2.38. The van der Waals surface area contributed by atoms with Crippen molar-refractivity contribution in [2.45, 2.75) is 40.0 Å². The Morgan fingerprint density at radius 1 is 1.19 bits per heavy atom. The highest BCUT2D eigenvalue weighted by molar-refractivity contribution is 7.09. The molecule has 0 saturated carbocycles. The second-order valence-electron chi connectivity index (χ2n) is 6.55. The van der Waals surface area contributed by atoms with Gasteiger partial charge in [-0.25, -0.2) is 4.98 Å². The number of hydrogen-bond acceptors (Lipinski definition) is 3. The fourth-order valence-corrected chi connectivity index (χ4v) is 3.89. The average Bonchev–Trinajstić information content (AvgIpc) is 3.28. The van der Waals surface area contributed by atoms with E-state index in [0.29, 0.717) is 0 Å². The van der Waals surface area contributed by atoms with E-state index in [0.717, 1.165) is 55.6 Å². The van der Waals surface area contributed by atoms with Gasteiger partial charge in [-0.3, -0.25) is 4.99 Å². The van der Waals surface area contributed by atoms with Crippen LogP contribution in [-0.2, 0) is 19.3 Å². The number of guanidine groups is 1. The number of aromatic nitrogens is 2. The molecule has 1 aromatic carbocycles. The lowest BCUT2D eigenvalue weighted by molar-refractivity contribution is 0.796. The summed E-state index contributed by atoms with van der Waals surface area (Å²) in [6, 6.07) is 6.55. The summed E-state index contributed by atoms with van der Waals surface area (Å²) in [4.78, 5) is 12.6. The molecule has 0 radical (unpaired) electrons. The maximum Gasteiger partial charge on any atom is 0.191 e. The van der Waals surface area contributed by atoms with E-state index in [1.165, 1.54) is 22.0 Å². The Kier molecular flexibility index (Phi) is 6.87. The van der Waals surface area contributed by atoms with Crippen LogP contribution in [0.5, 0.6) is 0 Å². The first kappa shape index (κ1) is 19.4. The van der Waals surface area contributed by atoms with Crippen molar-refractivity contribution in [3.05, 3.63) is 51.6 Å². The Morgan fingerprint density at radius 3 is 2.81 bits per heavy atom. The van der Waals surface area contributed by atoms with Gasteiger partial charge in [0.05, 0.1) is 10.7 Å². The van der Waals surface area contributed by atoms with E-state index < -0.39 is 0 Å². The molecule has 0 saturated heterocycles. The van der Waals surface area contributed by atoms with Gasteiger partial charge in [-0.15, -0.1) is 11.3 Å². The molecule has 6 heteroatoms. The molecule has 27 heavy (non-hydrogen) atoms. The van der Waals surface area contributed by atoms with Gasteiger partial charge in [-0.05, 0) is 37.8 Å². The van der Waals surface area contributed by atoms with Crippen molar-refractivity contribution in [1.82, 2.24) is 20.6 Å². The molecule has 0 fully saturated rings. The highest BCUT2D eigenvalue weighted by Crippen LogP contribution is 2.22. The lowest BCUT2D eigenvalue weighted by atomic mass is 10.1. The number of aromatic amines is 1. The number of para-hydroxylation sites is 1. The van der Waals surface area contributed by atoms with Crippen molar-refractivity contribution < 1.29 is 0 Å². The van der Waals surface area contributed by atoms with Gasteiger partial charge < -0.3 is 15.6 Å². The zero-order valence-electron chi connectivity index (χ0n) is 16.4. The van der Waals surface area contributed by atoms with Crippen LogP contribution in [0.4, 0.5) is 0 Å². The van der Waals surface area contributed by atoms with Crippen LogP contribution in [0, 0.1) is 6.92 Å². The molecular formula is C21H29N5S. The third-order valence-corrected chi connectivity index (χ3v) is 5.43. The quantitative estimate of drug-likeness (QED) is 0.409. The minimum atomic E-state index is 0.742. The smallest absolute Gasteiger partial charge is 0.191 e. The monoisotopic (exact) mass is 383 g/mol. The Hall–Kier alpha value is -2.34. The van der Waals surface area contributed by atoms with E-state index in [9.17, 15) is 0 Å². The summed E-state index contributed by atoms with van der Waals surface area (Å²) in [7, 11) is 0. The molecule has 0 bridgehead atoms. The highest BCUT2D eigenvalue weighted by Gasteiger charge is 2.07. The molecule has 5 nitrogen and oxygen atoms in total. The fraction of sp³-hybridized carbons (Fsp3) is 0.429. The molecule has 0 aliphatic heterocycles. The minimum absolute atomic E-state index is 0.742. The molecule has 0 spiro atoms. The van der Waals surface area contributed by atoms with Crippen LogP contribution in [0.25, 0.3) is 10.9 Å². The third-order valence-electron chi connectivity index (χ3n) is 4.60. The molecule has 2 heterocycles. The summed E-state index contributed by atoms with van der Waals surface area (Å²) >= 11 is 1.70. The molecule has 0 unspecified atom stereocenters. The number of rotatable bonds is 8. The first-order valence-electron chi connectivity index (χ1n) is 9.72. The maximum absolute atomic E-state index is 4.68. The van der Waals surface area contributed by atoms with Crippen molar-refractivity contribution >= 4 is 28.2 Å². The number of nitrogens with one attached hydrogen (secondary N) is 3. The summed E-state index contributed by atoms with van der Waals surface area (Å²) in [5.41, 5.74) is 5.12. The molecule has 0 atom stereocenters. The molecule has 3 N–H and O–H groups in total. The van der Waals surface area contributed by atoms with Crippen LogP contribution in [0.15, 0.2) is 34.8 Å². The van der Waals surface area contributed by atoms with Gasteiger partial charge >= 0.3 is 0 Å². The molecule has 0 amide bonds. The van der Waals surface area contributed by atoms with Crippen molar-refractivity contribution in [3.63, 3.8) is 0 Å². The van der Waals surface area contributed by atoms with E-state index in [2.05, 4.69) is 69.2 Å². The summed E-state index contributed by atoms with van der Waals surface area (Å²) in [5, 5.41) is 11.3. The molecule has 0 aliphatic carbocycles. The largest absolute Gasteiger partial charge is 0.361 e.